The molecule has 17 heavy (non-hydrogen) atoms. The molecule has 1 rings (SSSR count). The lowest BCUT2D eigenvalue weighted by atomic mass is 10.3. The molecule has 0 aromatic heterocycles. The van der Waals surface area contributed by atoms with Gasteiger partial charge in [0, 0.05) is 10.7 Å². The lowest BCUT2D eigenvalue weighted by molar-refractivity contribution is 0.234. The smallest absolute Gasteiger partial charge is 0.218 e. The third kappa shape index (κ3) is 2.90. The van der Waals surface area contributed by atoms with E-state index >= 15 is 0 Å². The first-order valence-electron chi connectivity index (χ1n) is 3.83. The van der Waals surface area contributed by atoms with Crippen molar-refractivity contribution in [1.82, 2.24) is 0 Å². The number of rotatable bonds is 3. The van der Waals surface area contributed by atoms with Gasteiger partial charge in [0.2, 0.25) is 9.84 Å². The van der Waals surface area contributed by atoms with Crippen LogP contribution in [0.15, 0.2) is 28.0 Å². The van der Waals surface area contributed by atoms with Gasteiger partial charge in [-0.3, -0.25) is 0 Å². The van der Waals surface area contributed by atoms with Crippen molar-refractivity contribution in [3.05, 3.63) is 24.0 Å². The Morgan fingerprint density at radius 2 is 1.65 bits per heavy atom. The summed E-state index contributed by atoms with van der Waals surface area (Å²) in [7, 11) is -4.67. The van der Waals surface area contributed by atoms with E-state index < -0.39 is 40.3 Å². The van der Waals surface area contributed by atoms with Crippen LogP contribution in [0.2, 0.25) is 0 Å². The molecular formula is C7H4ClF3O4S2. The van der Waals surface area contributed by atoms with Gasteiger partial charge in [-0.25, -0.2) is 21.2 Å². The molecule has 1 aromatic carbocycles. The first-order chi connectivity index (χ1) is 7.56. The van der Waals surface area contributed by atoms with Crippen LogP contribution in [-0.4, -0.2) is 22.6 Å². The zero-order valence-corrected chi connectivity index (χ0v) is 10.2. The zero-order valence-electron chi connectivity index (χ0n) is 7.77. The SMILES string of the molecule is O=S(=O)(Cl)c1ccc(F)c(S(=O)(=O)C(F)F)c1. The van der Waals surface area contributed by atoms with Crippen LogP contribution in [0.4, 0.5) is 13.2 Å². The molecule has 0 spiro atoms. The maximum Gasteiger partial charge on any atom is 0.341 e. The highest BCUT2D eigenvalue weighted by atomic mass is 35.7. The quantitative estimate of drug-likeness (QED) is 0.798. The van der Waals surface area contributed by atoms with Gasteiger partial charge >= 0.3 is 5.76 Å². The zero-order chi connectivity index (χ0) is 13.4. The normalized spacial score (nSPS) is 13.0. The number of halogens is 4. The van der Waals surface area contributed by atoms with E-state index in [-0.39, 0.29) is 6.07 Å². The van der Waals surface area contributed by atoms with Gasteiger partial charge in [-0.15, -0.1) is 0 Å². The molecule has 4 nitrogen and oxygen atoms in total. The molecule has 96 valence electrons. The average molecular weight is 309 g/mol. The summed E-state index contributed by atoms with van der Waals surface area (Å²) in [5.41, 5.74) is 0. The highest BCUT2D eigenvalue weighted by Gasteiger charge is 2.31. The fraction of sp³-hybridized carbons (Fsp3) is 0.143. The van der Waals surface area contributed by atoms with E-state index in [1.165, 1.54) is 0 Å². The third-order valence-corrected chi connectivity index (χ3v) is 4.47. The second kappa shape index (κ2) is 4.46. The predicted molar refractivity (Wildman–Crippen MR) is 52.6 cm³/mol. The minimum atomic E-state index is -5.22. The van der Waals surface area contributed by atoms with E-state index in [0.29, 0.717) is 12.1 Å². The van der Waals surface area contributed by atoms with Crippen molar-refractivity contribution in [2.75, 3.05) is 0 Å². The predicted octanol–water partition coefficient (Wildman–Crippen LogP) is 1.75. The minimum Gasteiger partial charge on any atom is -0.218 e. The van der Waals surface area contributed by atoms with Crippen LogP contribution in [0.25, 0.3) is 0 Å². The van der Waals surface area contributed by atoms with Crippen LogP contribution < -0.4 is 0 Å². The van der Waals surface area contributed by atoms with Crippen molar-refractivity contribution in [3.8, 4) is 0 Å². The van der Waals surface area contributed by atoms with Crippen molar-refractivity contribution >= 4 is 29.6 Å². The van der Waals surface area contributed by atoms with Gasteiger partial charge in [-0.2, -0.15) is 8.78 Å². The number of hydrogen-bond acceptors (Lipinski definition) is 4. The van der Waals surface area contributed by atoms with Crippen LogP contribution in [-0.2, 0) is 18.9 Å². The standard InChI is InChI=1S/C7H4ClF3O4S2/c8-17(14,15)4-1-2-5(9)6(3-4)16(12,13)7(10)11/h1-3,7H. The van der Waals surface area contributed by atoms with Crippen molar-refractivity contribution < 1.29 is 30.0 Å². The second-order valence-electron chi connectivity index (χ2n) is 2.84. The molecule has 0 unspecified atom stereocenters. The second-order valence-corrected chi connectivity index (χ2v) is 7.29. The summed E-state index contributed by atoms with van der Waals surface area (Å²) in [6, 6.07) is 1.35. The number of benzene rings is 1. The van der Waals surface area contributed by atoms with Crippen LogP contribution in [0.3, 0.4) is 0 Å². The van der Waals surface area contributed by atoms with E-state index in [1.807, 2.05) is 0 Å². The lowest BCUT2D eigenvalue weighted by Crippen LogP contribution is -2.13. The van der Waals surface area contributed by atoms with Crippen molar-refractivity contribution in [3.63, 3.8) is 0 Å². The van der Waals surface area contributed by atoms with Crippen LogP contribution in [0.5, 0.6) is 0 Å². The summed E-state index contributed by atoms with van der Waals surface area (Å²) < 4.78 is 81.1. The molecule has 0 heterocycles. The summed E-state index contributed by atoms with van der Waals surface area (Å²) in [5.74, 6) is -5.33. The summed E-state index contributed by atoms with van der Waals surface area (Å²) in [6.45, 7) is 0. The molecule has 0 radical (unpaired) electrons. The summed E-state index contributed by atoms with van der Waals surface area (Å²) in [4.78, 5) is -2.19. The molecule has 0 saturated carbocycles. The Hall–Kier alpha value is -0.800. The fourth-order valence-corrected chi connectivity index (χ4v) is 2.62. The van der Waals surface area contributed by atoms with Gasteiger partial charge in [-0.05, 0) is 18.2 Å². The van der Waals surface area contributed by atoms with E-state index in [2.05, 4.69) is 0 Å². The first kappa shape index (κ1) is 14.3. The molecule has 10 heteroatoms. The van der Waals surface area contributed by atoms with Crippen molar-refractivity contribution in [2.24, 2.45) is 0 Å². The third-order valence-electron chi connectivity index (χ3n) is 1.73. The highest BCUT2D eigenvalue weighted by Crippen LogP contribution is 2.25. The molecule has 0 bridgehead atoms. The Balaban J connectivity index is 3.57. The van der Waals surface area contributed by atoms with Crippen molar-refractivity contribution in [1.29, 1.82) is 0 Å². The lowest BCUT2D eigenvalue weighted by Gasteiger charge is -2.05. The van der Waals surface area contributed by atoms with Crippen LogP contribution >= 0.6 is 10.7 Å². The highest BCUT2D eigenvalue weighted by molar-refractivity contribution is 8.13. The Labute approximate surface area is 99.4 Å². The van der Waals surface area contributed by atoms with Gasteiger partial charge < -0.3 is 0 Å². The maximum absolute atomic E-state index is 13.1. The Morgan fingerprint density at radius 3 is 2.06 bits per heavy atom. The van der Waals surface area contributed by atoms with Gasteiger partial charge in [0.25, 0.3) is 9.05 Å². The van der Waals surface area contributed by atoms with Gasteiger partial charge in [0.15, 0.2) is 0 Å². The maximum atomic E-state index is 13.1. The molecule has 0 aliphatic rings. The fourth-order valence-electron chi connectivity index (χ4n) is 0.949. The minimum absolute atomic E-state index is 0.249. The topological polar surface area (TPSA) is 68.3 Å². The molecule has 0 aliphatic carbocycles. The number of alkyl halides is 2. The van der Waals surface area contributed by atoms with Crippen molar-refractivity contribution in [2.45, 2.75) is 15.5 Å². The Bertz CT molecular complexity index is 639. The van der Waals surface area contributed by atoms with Gasteiger partial charge in [0.1, 0.15) is 10.7 Å². The average Bonchev–Trinajstić information content (AvgIpc) is 2.15. The van der Waals surface area contributed by atoms with E-state index in [1.54, 1.807) is 0 Å². The van der Waals surface area contributed by atoms with Crippen LogP contribution in [0.1, 0.15) is 0 Å². The summed E-state index contributed by atoms with van der Waals surface area (Å²) >= 11 is 0. The Morgan fingerprint density at radius 1 is 1.12 bits per heavy atom. The summed E-state index contributed by atoms with van der Waals surface area (Å²) in [6.07, 6.45) is 0. The van der Waals surface area contributed by atoms with E-state index in [9.17, 15) is 30.0 Å². The molecule has 0 amide bonds. The van der Waals surface area contributed by atoms with Gasteiger partial charge in [0.05, 0.1) is 4.90 Å². The number of hydrogen-bond donors (Lipinski definition) is 0. The molecule has 0 fully saturated rings. The Kier molecular flexibility index (Phi) is 3.75. The largest absolute Gasteiger partial charge is 0.341 e. The van der Waals surface area contributed by atoms with E-state index in [0.717, 1.165) is 0 Å². The summed E-state index contributed by atoms with van der Waals surface area (Å²) in [5, 5.41) is 0. The molecule has 0 saturated heterocycles. The van der Waals surface area contributed by atoms with Gasteiger partial charge in [-0.1, -0.05) is 0 Å². The van der Waals surface area contributed by atoms with E-state index in [4.69, 9.17) is 10.7 Å². The molecule has 1 aromatic rings. The van der Waals surface area contributed by atoms with Crippen LogP contribution in [0, 0.1) is 5.82 Å². The molecule has 0 aliphatic heterocycles. The molecule has 0 N–H and O–H groups in total. The molecule has 0 atom stereocenters. The monoisotopic (exact) mass is 308 g/mol. The first-order valence-corrected chi connectivity index (χ1v) is 7.68. The number of sulfone groups is 1. The molecular weight excluding hydrogens is 305 g/mol.